The minimum absolute atomic E-state index is 0.249. The summed E-state index contributed by atoms with van der Waals surface area (Å²) < 4.78 is 0. The minimum Gasteiger partial charge on any atom is -0.300 e. The molecule has 1 heteroatoms. The van der Waals surface area contributed by atoms with Gasteiger partial charge >= 0.3 is 0 Å². The van der Waals surface area contributed by atoms with Crippen molar-refractivity contribution in [3.8, 4) is 0 Å². The highest BCUT2D eigenvalue weighted by Crippen LogP contribution is 2.32. The standard InChI is InChI=1S/C22H17N/c23-22(18-11-2-1-3-12-18)21-19-13-7-6-10-17(19)14-15-20(21)16-8-4-5-9-16/h1-16,23H. The second kappa shape index (κ2) is 5.69. The van der Waals surface area contributed by atoms with Gasteiger partial charge in [0, 0.05) is 17.0 Å². The van der Waals surface area contributed by atoms with Crippen molar-refractivity contribution in [2.45, 2.75) is 5.92 Å². The van der Waals surface area contributed by atoms with Crippen LogP contribution in [0.25, 0.3) is 10.8 Å². The topological polar surface area (TPSA) is 23.9 Å². The van der Waals surface area contributed by atoms with Crippen molar-refractivity contribution in [1.82, 2.24) is 0 Å². The normalized spacial score (nSPS) is 13.7. The first-order chi connectivity index (χ1) is 11.3. The van der Waals surface area contributed by atoms with E-state index in [1.807, 2.05) is 42.5 Å². The third kappa shape index (κ3) is 2.40. The number of nitrogens with one attached hydrogen (secondary N) is 1. The highest BCUT2D eigenvalue weighted by Gasteiger charge is 2.18. The predicted molar refractivity (Wildman–Crippen MR) is 97.3 cm³/mol. The highest BCUT2D eigenvalue weighted by atomic mass is 14.4. The molecule has 0 heterocycles. The van der Waals surface area contributed by atoms with Gasteiger partial charge in [0.05, 0.1) is 5.71 Å². The Morgan fingerprint density at radius 1 is 0.739 bits per heavy atom. The third-order valence-corrected chi connectivity index (χ3v) is 4.38. The smallest absolute Gasteiger partial charge is 0.0693 e. The van der Waals surface area contributed by atoms with Crippen LogP contribution >= 0.6 is 0 Å². The van der Waals surface area contributed by atoms with Crippen LogP contribution in [0.4, 0.5) is 0 Å². The Balaban J connectivity index is 1.98. The number of allylic oxidation sites excluding steroid dienone is 4. The van der Waals surface area contributed by atoms with Crippen molar-refractivity contribution < 1.29 is 0 Å². The fraction of sp³-hybridized carbons (Fsp3) is 0.0455. The monoisotopic (exact) mass is 295 g/mol. The number of benzene rings is 3. The molecule has 1 aliphatic carbocycles. The number of fused-ring (bicyclic) bond motifs is 1. The summed E-state index contributed by atoms with van der Waals surface area (Å²) in [7, 11) is 0. The van der Waals surface area contributed by atoms with Crippen molar-refractivity contribution in [3.05, 3.63) is 108 Å². The molecule has 3 aromatic carbocycles. The molecule has 0 aromatic heterocycles. The lowest BCUT2D eigenvalue weighted by Crippen LogP contribution is -2.08. The molecule has 1 nitrogen and oxygen atoms in total. The Hall–Kier alpha value is -2.93. The van der Waals surface area contributed by atoms with E-state index >= 15 is 0 Å². The Kier molecular flexibility index (Phi) is 3.39. The van der Waals surface area contributed by atoms with Crippen LogP contribution in [0.1, 0.15) is 22.6 Å². The number of hydrogen-bond acceptors (Lipinski definition) is 1. The van der Waals surface area contributed by atoms with E-state index in [1.54, 1.807) is 0 Å². The van der Waals surface area contributed by atoms with Gasteiger partial charge in [0.15, 0.2) is 0 Å². The molecule has 0 fully saturated rings. The van der Waals surface area contributed by atoms with Crippen LogP contribution in [0, 0.1) is 5.41 Å². The predicted octanol–water partition coefficient (Wildman–Crippen LogP) is 5.47. The summed E-state index contributed by atoms with van der Waals surface area (Å²) in [5.41, 5.74) is 3.78. The van der Waals surface area contributed by atoms with Gasteiger partial charge < -0.3 is 0 Å². The van der Waals surface area contributed by atoms with E-state index in [0.717, 1.165) is 16.5 Å². The maximum atomic E-state index is 8.81. The fourth-order valence-electron chi connectivity index (χ4n) is 3.23. The number of rotatable bonds is 3. The zero-order valence-corrected chi connectivity index (χ0v) is 12.7. The third-order valence-electron chi connectivity index (χ3n) is 4.38. The summed E-state index contributed by atoms with van der Waals surface area (Å²) in [6.45, 7) is 0. The zero-order valence-electron chi connectivity index (χ0n) is 12.7. The van der Waals surface area contributed by atoms with E-state index in [9.17, 15) is 0 Å². The summed E-state index contributed by atoms with van der Waals surface area (Å²) in [4.78, 5) is 0. The van der Waals surface area contributed by atoms with E-state index in [0.29, 0.717) is 5.71 Å². The van der Waals surface area contributed by atoms with Crippen molar-refractivity contribution in [3.63, 3.8) is 0 Å². The molecule has 4 rings (SSSR count). The Morgan fingerprint density at radius 2 is 1.43 bits per heavy atom. The Bertz CT molecular complexity index is 921. The van der Waals surface area contributed by atoms with E-state index in [-0.39, 0.29) is 5.92 Å². The molecule has 110 valence electrons. The lowest BCUT2D eigenvalue weighted by Gasteiger charge is -2.17. The van der Waals surface area contributed by atoms with Crippen LogP contribution in [-0.4, -0.2) is 5.71 Å². The van der Waals surface area contributed by atoms with Gasteiger partial charge in [-0.15, -0.1) is 0 Å². The van der Waals surface area contributed by atoms with Crippen molar-refractivity contribution in [1.29, 1.82) is 5.41 Å². The van der Waals surface area contributed by atoms with Gasteiger partial charge in [-0.1, -0.05) is 91.0 Å². The van der Waals surface area contributed by atoms with E-state index in [1.165, 1.54) is 10.9 Å². The van der Waals surface area contributed by atoms with Gasteiger partial charge in [-0.3, -0.25) is 5.41 Å². The molecule has 0 atom stereocenters. The summed E-state index contributed by atoms with van der Waals surface area (Å²) in [5.74, 6) is 0.249. The number of hydrogen-bond donors (Lipinski definition) is 1. The van der Waals surface area contributed by atoms with E-state index in [4.69, 9.17) is 5.41 Å². The van der Waals surface area contributed by atoms with Gasteiger partial charge in [0.2, 0.25) is 0 Å². The molecule has 23 heavy (non-hydrogen) atoms. The SMILES string of the molecule is N=C(c1ccccc1)c1c(C2C=CC=C2)ccc2ccccc12. The maximum absolute atomic E-state index is 8.81. The first kappa shape index (κ1) is 13.7. The molecular weight excluding hydrogens is 278 g/mol. The lowest BCUT2D eigenvalue weighted by molar-refractivity contribution is 1.10. The molecule has 0 radical (unpaired) electrons. The molecule has 1 N–H and O–H groups in total. The molecule has 0 aliphatic heterocycles. The van der Waals surface area contributed by atoms with Crippen LogP contribution in [0.3, 0.4) is 0 Å². The Morgan fingerprint density at radius 3 is 2.22 bits per heavy atom. The first-order valence-electron chi connectivity index (χ1n) is 7.85. The minimum atomic E-state index is 0.249. The largest absolute Gasteiger partial charge is 0.300 e. The molecular formula is C22H17N. The van der Waals surface area contributed by atoms with E-state index in [2.05, 4.69) is 48.6 Å². The second-order valence-corrected chi connectivity index (χ2v) is 5.79. The van der Waals surface area contributed by atoms with Gasteiger partial charge in [-0.05, 0) is 16.3 Å². The average Bonchev–Trinajstić information content (AvgIpc) is 3.15. The molecule has 0 spiro atoms. The summed E-state index contributed by atoms with van der Waals surface area (Å²) in [6, 6.07) is 22.6. The lowest BCUT2D eigenvalue weighted by atomic mass is 9.86. The Labute approximate surface area is 136 Å². The molecule has 0 amide bonds. The van der Waals surface area contributed by atoms with Crippen molar-refractivity contribution in [2.24, 2.45) is 0 Å². The first-order valence-corrected chi connectivity index (χ1v) is 7.85. The summed E-state index contributed by atoms with van der Waals surface area (Å²) >= 11 is 0. The van der Waals surface area contributed by atoms with Gasteiger partial charge in [0.1, 0.15) is 0 Å². The molecule has 3 aromatic rings. The average molecular weight is 295 g/mol. The molecule has 0 saturated heterocycles. The van der Waals surface area contributed by atoms with Gasteiger partial charge in [-0.25, -0.2) is 0 Å². The quantitative estimate of drug-likeness (QED) is 0.620. The van der Waals surface area contributed by atoms with Crippen molar-refractivity contribution >= 4 is 16.5 Å². The molecule has 0 bridgehead atoms. The summed E-state index contributed by atoms with van der Waals surface area (Å²) in [6.07, 6.45) is 8.53. The van der Waals surface area contributed by atoms with Crippen LogP contribution < -0.4 is 0 Å². The maximum Gasteiger partial charge on any atom is 0.0693 e. The molecule has 0 saturated carbocycles. The second-order valence-electron chi connectivity index (χ2n) is 5.79. The molecule has 0 unspecified atom stereocenters. The zero-order chi connectivity index (χ0) is 15.6. The van der Waals surface area contributed by atoms with Crippen LogP contribution in [0.2, 0.25) is 0 Å². The molecule has 1 aliphatic rings. The highest BCUT2D eigenvalue weighted by molar-refractivity contribution is 6.19. The van der Waals surface area contributed by atoms with Gasteiger partial charge in [-0.2, -0.15) is 0 Å². The van der Waals surface area contributed by atoms with Crippen molar-refractivity contribution in [2.75, 3.05) is 0 Å². The van der Waals surface area contributed by atoms with Gasteiger partial charge in [0.25, 0.3) is 0 Å². The van der Waals surface area contributed by atoms with Crippen LogP contribution in [0.5, 0.6) is 0 Å². The van der Waals surface area contributed by atoms with Crippen LogP contribution in [0.15, 0.2) is 91.0 Å². The summed E-state index contributed by atoms with van der Waals surface area (Å²) in [5, 5.41) is 11.1. The fourth-order valence-corrected chi connectivity index (χ4v) is 3.23. The van der Waals surface area contributed by atoms with Crippen LogP contribution in [-0.2, 0) is 0 Å². The van der Waals surface area contributed by atoms with E-state index < -0.39 is 0 Å².